The number of benzene rings is 1. The fourth-order valence-corrected chi connectivity index (χ4v) is 2.80. The Morgan fingerprint density at radius 1 is 1.47 bits per heavy atom. The first-order valence-electron chi connectivity index (χ1n) is 5.44. The third kappa shape index (κ3) is 3.43. The van der Waals surface area contributed by atoms with Crippen LogP contribution in [0, 0.1) is 0 Å². The number of rotatable bonds is 4. The van der Waals surface area contributed by atoms with E-state index in [0.717, 1.165) is 24.5 Å². The molecular formula is C12H17NOS. The second-order valence-electron chi connectivity index (χ2n) is 3.84. The van der Waals surface area contributed by atoms with Crippen LogP contribution in [0.25, 0.3) is 0 Å². The molecule has 1 aromatic carbocycles. The average Bonchev–Trinajstić information content (AvgIpc) is 2.71. The summed E-state index contributed by atoms with van der Waals surface area (Å²) in [5, 5.41) is 0. The number of nitrogens with two attached hydrogens (primary N) is 1. The van der Waals surface area contributed by atoms with Crippen LogP contribution in [0.1, 0.15) is 19.3 Å². The molecule has 1 atom stereocenters. The van der Waals surface area contributed by atoms with Crippen LogP contribution in [0.4, 0.5) is 5.69 Å². The lowest BCUT2D eigenvalue weighted by Gasteiger charge is -2.08. The molecule has 2 N–H and O–H groups in total. The Hall–Kier alpha value is -0.670. The van der Waals surface area contributed by atoms with Gasteiger partial charge in [0.15, 0.2) is 0 Å². The molecule has 1 heterocycles. The third-order valence-corrected chi connectivity index (χ3v) is 3.62. The Bertz CT molecular complexity index is 310. The van der Waals surface area contributed by atoms with E-state index in [1.165, 1.54) is 17.7 Å². The van der Waals surface area contributed by atoms with Crippen molar-refractivity contribution in [2.45, 2.75) is 30.3 Å². The minimum atomic E-state index is 0.499. The largest absolute Gasteiger partial charge is 0.399 e. The minimum Gasteiger partial charge on any atom is -0.399 e. The number of hydrogen-bond acceptors (Lipinski definition) is 3. The standard InChI is InChI=1S/C12H17NOS/c13-10-3-1-5-12(9-10)15-8-6-11-4-2-7-14-11/h1,3,5,9,11H,2,4,6-8,13H2. The summed E-state index contributed by atoms with van der Waals surface area (Å²) in [5.41, 5.74) is 6.56. The molecule has 15 heavy (non-hydrogen) atoms. The van der Waals surface area contributed by atoms with Crippen LogP contribution in [0.2, 0.25) is 0 Å². The van der Waals surface area contributed by atoms with Gasteiger partial charge < -0.3 is 10.5 Å². The second-order valence-corrected chi connectivity index (χ2v) is 5.01. The topological polar surface area (TPSA) is 35.2 Å². The van der Waals surface area contributed by atoms with Gasteiger partial charge in [0.05, 0.1) is 6.10 Å². The molecule has 0 spiro atoms. The van der Waals surface area contributed by atoms with E-state index in [1.807, 2.05) is 30.0 Å². The van der Waals surface area contributed by atoms with Gasteiger partial charge in [-0.2, -0.15) is 0 Å². The highest BCUT2D eigenvalue weighted by atomic mass is 32.2. The Balaban J connectivity index is 1.73. The smallest absolute Gasteiger partial charge is 0.0584 e. The van der Waals surface area contributed by atoms with Crippen molar-refractivity contribution in [3.63, 3.8) is 0 Å². The summed E-state index contributed by atoms with van der Waals surface area (Å²) >= 11 is 1.86. The third-order valence-electron chi connectivity index (χ3n) is 2.59. The van der Waals surface area contributed by atoms with Crippen molar-refractivity contribution in [3.8, 4) is 0 Å². The summed E-state index contributed by atoms with van der Waals surface area (Å²) < 4.78 is 5.58. The number of ether oxygens (including phenoxy) is 1. The predicted octanol–water partition coefficient (Wildman–Crippen LogP) is 2.93. The molecule has 1 fully saturated rings. The normalized spacial score (nSPS) is 20.7. The van der Waals surface area contributed by atoms with Gasteiger partial charge in [0, 0.05) is 22.9 Å². The van der Waals surface area contributed by atoms with Gasteiger partial charge >= 0.3 is 0 Å². The highest BCUT2D eigenvalue weighted by Gasteiger charge is 2.14. The first-order valence-corrected chi connectivity index (χ1v) is 6.43. The molecule has 0 bridgehead atoms. The zero-order valence-electron chi connectivity index (χ0n) is 8.82. The van der Waals surface area contributed by atoms with Crippen LogP contribution < -0.4 is 5.73 Å². The second kappa shape index (κ2) is 5.42. The van der Waals surface area contributed by atoms with Crippen molar-refractivity contribution in [1.29, 1.82) is 0 Å². The molecule has 1 saturated heterocycles. The SMILES string of the molecule is Nc1cccc(SCCC2CCCO2)c1. The van der Waals surface area contributed by atoms with Gasteiger partial charge in [0.2, 0.25) is 0 Å². The maximum Gasteiger partial charge on any atom is 0.0584 e. The monoisotopic (exact) mass is 223 g/mol. The molecule has 0 radical (unpaired) electrons. The zero-order valence-corrected chi connectivity index (χ0v) is 9.63. The molecule has 1 aliphatic rings. The molecular weight excluding hydrogens is 206 g/mol. The summed E-state index contributed by atoms with van der Waals surface area (Å²) in [5.74, 6) is 1.12. The first kappa shape index (κ1) is 10.8. The van der Waals surface area contributed by atoms with E-state index in [9.17, 15) is 0 Å². The lowest BCUT2D eigenvalue weighted by Crippen LogP contribution is -2.05. The number of anilines is 1. The average molecular weight is 223 g/mol. The Kier molecular flexibility index (Phi) is 3.92. The fourth-order valence-electron chi connectivity index (χ4n) is 1.78. The summed E-state index contributed by atoms with van der Waals surface area (Å²) in [4.78, 5) is 1.26. The van der Waals surface area contributed by atoms with E-state index in [-0.39, 0.29) is 0 Å². The maximum atomic E-state index is 5.71. The molecule has 82 valence electrons. The Labute approximate surface area is 95.2 Å². The van der Waals surface area contributed by atoms with E-state index in [4.69, 9.17) is 10.5 Å². The van der Waals surface area contributed by atoms with Crippen LogP contribution in [0.3, 0.4) is 0 Å². The number of hydrogen-bond donors (Lipinski definition) is 1. The highest BCUT2D eigenvalue weighted by molar-refractivity contribution is 7.99. The van der Waals surface area contributed by atoms with Crippen molar-refractivity contribution in [3.05, 3.63) is 24.3 Å². The molecule has 1 aromatic rings. The molecule has 1 aliphatic heterocycles. The van der Waals surface area contributed by atoms with Crippen molar-refractivity contribution < 1.29 is 4.74 Å². The molecule has 0 saturated carbocycles. The lowest BCUT2D eigenvalue weighted by atomic mass is 10.2. The molecule has 2 nitrogen and oxygen atoms in total. The summed E-state index contributed by atoms with van der Waals surface area (Å²) in [6.07, 6.45) is 4.11. The highest BCUT2D eigenvalue weighted by Crippen LogP contribution is 2.24. The van der Waals surface area contributed by atoms with Gasteiger partial charge in [0.25, 0.3) is 0 Å². The van der Waals surface area contributed by atoms with Crippen LogP contribution in [0.5, 0.6) is 0 Å². The van der Waals surface area contributed by atoms with Gasteiger partial charge in [-0.1, -0.05) is 6.07 Å². The van der Waals surface area contributed by atoms with Gasteiger partial charge in [-0.15, -0.1) is 11.8 Å². The molecule has 2 rings (SSSR count). The fraction of sp³-hybridized carbons (Fsp3) is 0.500. The number of thioether (sulfide) groups is 1. The van der Waals surface area contributed by atoms with Gasteiger partial charge in [-0.05, 0) is 37.5 Å². The number of nitrogen functional groups attached to an aromatic ring is 1. The van der Waals surface area contributed by atoms with E-state index in [0.29, 0.717) is 6.10 Å². The summed E-state index contributed by atoms with van der Waals surface area (Å²) in [6, 6.07) is 8.06. The summed E-state index contributed by atoms with van der Waals surface area (Å²) in [7, 11) is 0. The first-order chi connectivity index (χ1) is 7.34. The molecule has 3 heteroatoms. The van der Waals surface area contributed by atoms with Crippen LogP contribution in [-0.4, -0.2) is 18.5 Å². The molecule has 0 aliphatic carbocycles. The minimum absolute atomic E-state index is 0.499. The lowest BCUT2D eigenvalue weighted by molar-refractivity contribution is 0.109. The molecule has 0 amide bonds. The Morgan fingerprint density at radius 2 is 2.40 bits per heavy atom. The van der Waals surface area contributed by atoms with E-state index in [1.54, 1.807) is 0 Å². The predicted molar refractivity (Wildman–Crippen MR) is 65.2 cm³/mol. The van der Waals surface area contributed by atoms with E-state index >= 15 is 0 Å². The van der Waals surface area contributed by atoms with Crippen molar-refractivity contribution in [2.75, 3.05) is 18.1 Å². The van der Waals surface area contributed by atoms with Crippen molar-refractivity contribution in [2.24, 2.45) is 0 Å². The van der Waals surface area contributed by atoms with Crippen LogP contribution in [-0.2, 0) is 4.74 Å². The van der Waals surface area contributed by atoms with Crippen molar-refractivity contribution in [1.82, 2.24) is 0 Å². The maximum absolute atomic E-state index is 5.71. The van der Waals surface area contributed by atoms with Gasteiger partial charge in [-0.25, -0.2) is 0 Å². The zero-order chi connectivity index (χ0) is 10.5. The Morgan fingerprint density at radius 3 is 3.13 bits per heavy atom. The van der Waals surface area contributed by atoms with Crippen LogP contribution >= 0.6 is 11.8 Å². The quantitative estimate of drug-likeness (QED) is 0.629. The van der Waals surface area contributed by atoms with Crippen molar-refractivity contribution >= 4 is 17.4 Å². The van der Waals surface area contributed by atoms with E-state index < -0.39 is 0 Å². The molecule has 1 unspecified atom stereocenters. The molecule has 0 aromatic heterocycles. The van der Waals surface area contributed by atoms with Gasteiger partial charge in [0.1, 0.15) is 0 Å². The van der Waals surface area contributed by atoms with Gasteiger partial charge in [-0.3, -0.25) is 0 Å². The van der Waals surface area contributed by atoms with Crippen LogP contribution in [0.15, 0.2) is 29.2 Å². The van der Waals surface area contributed by atoms with E-state index in [2.05, 4.69) is 6.07 Å². The summed E-state index contributed by atoms with van der Waals surface area (Å²) in [6.45, 7) is 0.952.